The molecule has 3 N–H and O–H groups in total. The maximum absolute atomic E-state index is 12.1. The molecule has 0 bridgehead atoms. The Morgan fingerprint density at radius 1 is 1.48 bits per heavy atom. The molecule has 0 aliphatic carbocycles. The average molecular weight is 340 g/mol. The summed E-state index contributed by atoms with van der Waals surface area (Å²) >= 11 is 8.56. The fourth-order valence-corrected chi connectivity index (χ4v) is 3.80. The van der Waals surface area contributed by atoms with Crippen LogP contribution in [0.5, 0.6) is 5.75 Å². The highest BCUT2D eigenvalue weighted by Crippen LogP contribution is 2.35. The molecule has 0 saturated heterocycles. The predicted octanol–water partition coefficient (Wildman–Crippen LogP) is 3.85. The Labute approximate surface area is 133 Å². The van der Waals surface area contributed by atoms with E-state index in [-0.39, 0.29) is 5.91 Å². The Balaban J connectivity index is 1.95. The number of nitrogens with two attached hydrogens (primary N) is 1. The second kappa shape index (κ2) is 5.51. The fraction of sp³-hybridized carbons (Fsp3) is 0.0769. The first-order chi connectivity index (χ1) is 10.1. The van der Waals surface area contributed by atoms with E-state index >= 15 is 0 Å². The molecule has 0 unspecified atom stereocenters. The number of fused-ring (bicyclic) bond motifs is 1. The zero-order valence-corrected chi connectivity index (χ0v) is 13.2. The first kappa shape index (κ1) is 14.1. The second-order valence-electron chi connectivity index (χ2n) is 4.14. The van der Waals surface area contributed by atoms with E-state index in [1.54, 1.807) is 30.7 Å². The van der Waals surface area contributed by atoms with Crippen LogP contribution in [-0.4, -0.2) is 18.0 Å². The van der Waals surface area contributed by atoms with Gasteiger partial charge >= 0.3 is 0 Å². The number of carbonyl (C=O) groups excluding carboxylic acids is 1. The monoisotopic (exact) mass is 339 g/mol. The molecule has 5 nitrogen and oxygen atoms in total. The maximum Gasteiger partial charge on any atom is 0.269 e. The lowest BCUT2D eigenvalue weighted by Crippen LogP contribution is -2.10. The van der Waals surface area contributed by atoms with Crippen LogP contribution in [0.1, 0.15) is 9.67 Å². The van der Waals surface area contributed by atoms with E-state index in [4.69, 9.17) is 22.1 Å². The Hall–Kier alpha value is -1.83. The van der Waals surface area contributed by atoms with E-state index in [0.717, 1.165) is 4.70 Å². The highest BCUT2D eigenvalue weighted by atomic mass is 35.5. The Kier molecular flexibility index (Phi) is 3.71. The Bertz CT molecular complexity index is 828. The zero-order chi connectivity index (χ0) is 15.0. The van der Waals surface area contributed by atoms with Gasteiger partial charge < -0.3 is 10.5 Å². The quantitative estimate of drug-likeness (QED) is 0.710. The molecular weight excluding hydrogens is 330 g/mol. The molecule has 21 heavy (non-hydrogen) atoms. The minimum atomic E-state index is -0.277. The van der Waals surface area contributed by atoms with E-state index in [1.807, 2.05) is 0 Å². The number of nitrogens with zero attached hydrogens (tertiary/aromatic N) is 1. The van der Waals surface area contributed by atoms with Crippen molar-refractivity contribution in [1.29, 1.82) is 0 Å². The van der Waals surface area contributed by atoms with Gasteiger partial charge in [0.2, 0.25) is 0 Å². The molecule has 3 aromatic rings. The number of thiazole rings is 1. The number of rotatable bonds is 3. The number of anilines is 2. The first-order valence-corrected chi connectivity index (χ1v) is 7.94. The molecule has 8 heteroatoms. The van der Waals surface area contributed by atoms with Crippen LogP contribution in [0.2, 0.25) is 5.02 Å². The largest absolute Gasteiger partial charge is 0.494 e. The number of hydrogen-bond donors (Lipinski definition) is 2. The molecule has 0 atom stereocenters. The summed E-state index contributed by atoms with van der Waals surface area (Å²) in [6, 6.07) is 5.18. The van der Waals surface area contributed by atoms with E-state index in [2.05, 4.69) is 10.3 Å². The van der Waals surface area contributed by atoms with Crippen LogP contribution in [0, 0.1) is 0 Å². The second-order valence-corrected chi connectivity index (χ2v) is 6.49. The summed E-state index contributed by atoms with van der Waals surface area (Å²) < 4.78 is 6.10. The lowest BCUT2D eigenvalue weighted by Gasteiger charge is -2.01. The number of halogens is 1. The molecule has 0 spiro atoms. The van der Waals surface area contributed by atoms with Gasteiger partial charge in [-0.15, -0.1) is 11.3 Å². The number of aromatic nitrogens is 1. The number of nitrogen functional groups attached to an aromatic ring is 1. The number of benzene rings is 1. The van der Waals surface area contributed by atoms with Gasteiger partial charge in [-0.25, -0.2) is 4.98 Å². The minimum Gasteiger partial charge on any atom is -0.494 e. The minimum absolute atomic E-state index is 0.277. The van der Waals surface area contributed by atoms with Crippen LogP contribution in [0.25, 0.3) is 10.2 Å². The van der Waals surface area contributed by atoms with Crippen molar-refractivity contribution in [2.24, 2.45) is 0 Å². The third-order valence-corrected chi connectivity index (χ3v) is 5.00. The van der Waals surface area contributed by atoms with Gasteiger partial charge in [-0.05, 0) is 17.5 Å². The van der Waals surface area contributed by atoms with Crippen molar-refractivity contribution in [2.75, 3.05) is 18.2 Å². The normalized spacial score (nSPS) is 10.8. The average Bonchev–Trinajstić information content (AvgIpc) is 3.03. The highest BCUT2D eigenvalue weighted by molar-refractivity contribution is 7.22. The van der Waals surface area contributed by atoms with E-state index in [9.17, 15) is 4.79 Å². The summed E-state index contributed by atoms with van der Waals surface area (Å²) in [6.07, 6.45) is 0. The van der Waals surface area contributed by atoms with Gasteiger partial charge in [0.25, 0.3) is 5.91 Å². The molecule has 1 amide bonds. The number of amides is 1. The number of thiophene rings is 1. The fourth-order valence-electron chi connectivity index (χ4n) is 1.84. The van der Waals surface area contributed by atoms with Crippen LogP contribution in [0.15, 0.2) is 23.6 Å². The van der Waals surface area contributed by atoms with Crippen molar-refractivity contribution in [2.45, 2.75) is 0 Å². The van der Waals surface area contributed by atoms with Crippen molar-refractivity contribution >= 4 is 61.2 Å². The van der Waals surface area contributed by atoms with E-state index in [0.29, 0.717) is 32.0 Å². The summed E-state index contributed by atoms with van der Waals surface area (Å²) in [6.45, 7) is 0. The molecule has 0 aliphatic rings. The third kappa shape index (κ3) is 2.67. The summed E-state index contributed by atoms with van der Waals surface area (Å²) in [5.74, 6) is 0.303. The molecule has 1 aromatic carbocycles. The van der Waals surface area contributed by atoms with Gasteiger partial charge in [0.1, 0.15) is 16.1 Å². The standard InChI is InChI=1S/C13H10ClN3O2S2/c1-19-8-4-6(15)5-9-10(8)16-13(21-9)17-12(18)11-7(14)2-3-20-11/h2-5H,15H2,1H3,(H,16,17,18). The molecular formula is C13H10ClN3O2S2. The van der Waals surface area contributed by atoms with E-state index in [1.165, 1.54) is 22.7 Å². The van der Waals surface area contributed by atoms with Gasteiger partial charge in [-0.3, -0.25) is 10.1 Å². The molecule has 3 rings (SSSR count). The van der Waals surface area contributed by atoms with Gasteiger partial charge in [-0.1, -0.05) is 22.9 Å². The van der Waals surface area contributed by atoms with Gasteiger partial charge in [0, 0.05) is 11.8 Å². The van der Waals surface area contributed by atoms with E-state index < -0.39 is 0 Å². The van der Waals surface area contributed by atoms with Gasteiger partial charge in [0.05, 0.1) is 16.8 Å². The number of carbonyl (C=O) groups is 1. The lowest BCUT2D eigenvalue weighted by atomic mass is 10.3. The lowest BCUT2D eigenvalue weighted by molar-refractivity contribution is 0.103. The van der Waals surface area contributed by atoms with Crippen molar-refractivity contribution in [3.63, 3.8) is 0 Å². The van der Waals surface area contributed by atoms with Gasteiger partial charge in [0.15, 0.2) is 5.13 Å². The van der Waals surface area contributed by atoms with Crippen molar-refractivity contribution in [3.05, 3.63) is 33.5 Å². The third-order valence-electron chi connectivity index (χ3n) is 2.75. The first-order valence-electron chi connectivity index (χ1n) is 5.87. The highest BCUT2D eigenvalue weighted by Gasteiger charge is 2.16. The van der Waals surface area contributed by atoms with Crippen molar-refractivity contribution in [1.82, 2.24) is 4.98 Å². The van der Waals surface area contributed by atoms with Crippen LogP contribution in [0.4, 0.5) is 10.8 Å². The predicted molar refractivity (Wildman–Crippen MR) is 87.9 cm³/mol. The summed E-state index contributed by atoms with van der Waals surface area (Å²) in [4.78, 5) is 17.0. The summed E-state index contributed by atoms with van der Waals surface area (Å²) in [5.41, 5.74) is 7.06. The zero-order valence-electron chi connectivity index (χ0n) is 10.8. The molecule has 108 valence electrons. The maximum atomic E-state index is 12.1. The molecule has 0 fully saturated rings. The van der Waals surface area contributed by atoms with Crippen LogP contribution in [0.3, 0.4) is 0 Å². The topological polar surface area (TPSA) is 77.2 Å². The van der Waals surface area contributed by atoms with Crippen molar-refractivity contribution in [3.8, 4) is 5.75 Å². The van der Waals surface area contributed by atoms with Crippen LogP contribution < -0.4 is 15.8 Å². The number of ether oxygens (including phenoxy) is 1. The Morgan fingerprint density at radius 2 is 2.29 bits per heavy atom. The SMILES string of the molecule is COc1cc(N)cc2sc(NC(=O)c3sccc3Cl)nc12. The Morgan fingerprint density at radius 3 is 2.95 bits per heavy atom. The number of nitrogens with one attached hydrogen (secondary N) is 1. The van der Waals surface area contributed by atoms with Gasteiger partial charge in [-0.2, -0.15) is 0 Å². The van der Waals surface area contributed by atoms with Crippen molar-refractivity contribution < 1.29 is 9.53 Å². The number of methoxy groups -OCH3 is 1. The molecule has 2 aromatic heterocycles. The van der Waals surface area contributed by atoms with Crippen LogP contribution in [-0.2, 0) is 0 Å². The molecule has 2 heterocycles. The smallest absolute Gasteiger partial charge is 0.269 e. The molecule has 0 radical (unpaired) electrons. The number of hydrogen-bond acceptors (Lipinski definition) is 6. The summed E-state index contributed by atoms with van der Waals surface area (Å²) in [5, 5.41) is 5.41. The summed E-state index contributed by atoms with van der Waals surface area (Å²) in [7, 11) is 1.55. The van der Waals surface area contributed by atoms with Crippen LogP contribution >= 0.6 is 34.3 Å². The molecule has 0 saturated carbocycles. The molecule has 0 aliphatic heterocycles.